The van der Waals surface area contributed by atoms with E-state index in [0.29, 0.717) is 36.9 Å². The van der Waals surface area contributed by atoms with Gasteiger partial charge in [-0.3, -0.25) is 4.90 Å². The molecule has 0 N–H and O–H groups in total. The predicted octanol–water partition coefficient (Wildman–Crippen LogP) is 2.49. The Balaban J connectivity index is 1.48. The molecule has 0 saturated carbocycles. The van der Waals surface area contributed by atoms with Crippen molar-refractivity contribution in [1.29, 1.82) is 0 Å². The number of ether oxygens (including phenoxy) is 3. The van der Waals surface area contributed by atoms with Gasteiger partial charge in [0, 0.05) is 12.2 Å². The maximum Gasteiger partial charge on any atom is 0.414 e. The first kappa shape index (κ1) is 19.5. The van der Waals surface area contributed by atoms with E-state index in [1.165, 1.54) is 21.3 Å². The molecule has 1 fully saturated rings. The molecular weight excluding hydrogens is 396 g/mol. The molecule has 9 heteroatoms. The molecule has 0 bridgehead atoms. The van der Waals surface area contributed by atoms with Gasteiger partial charge >= 0.3 is 6.09 Å². The highest BCUT2D eigenvalue weighted by Gasteiger charge is 2.30. The van der Waals surface area contributed by atoms with Crippen LogP contribution in [0.15, 0.2) is 53.4 Å². The Morgan fingerprint density at radius 1 is 1.07 bits per heavy atom. The van der Waals surface area contributed by atoms with Crippen LogP contribution < -0.4 is 14.4 Å². The number of nitrogens with zero attached hydrogens (tertiary/aromatic N) is 2. The number of para-hydroxylation sites is 2. The molecular formula is C20H22N2O6S. The summed E-state index contributed by atoms with van der Waals surface area (Å²) in [7, 11) is -3.72. The maximum absolute atomic E-state index is 13.1. The highest BCUT2D eigenvalue weighted by Crippen LogP contribution is 2.31. The second kappa shape index (κ2) is 7.92. The molecule has 4 rings (SSSR count). The Labute approximate surface area is 169 Å². The van der Waals surface area contributed by atoms with Crippen molar-refractivity contribution in [2.45, 2.75) is 17.9 Å². The molecule has 1 unspecified atom stereocenters. The van der Waals surface area contributed by atoms with Crippen molar-refractivity contribution in [3.05, 3.63) is 48.5 Å². The number of cyclic esters (lactones) is 1. The molecule has 154 valence electrons. The first-order valence-electron chi connectivity index (χ1n) is 9.42. The van der Waals surface area contributed by atoms with Gasteiger partial charge in [-0.15, -0.1) is 0 Å². The van der Waals surface area contributed by atoms with Crippen LogP contribution in [0.25, 0.3) is 0 Å². The van der Waals surface area contributed by atoms with Crippen LogP contribution in [0, 0.1) is 0 Å². The minimum absolute atomic E-state index is 0.160. The fraction of sp³-hybridized carbons (Fsp3) is 0.350. The number of sulfonamides is 1. The van der Waals surface area contributed by atoms with Crippen molar-refractivity contribution in [3.63, 3.8) is 0 Å². The summed E-state index contributed by atoms with van der Waals surface area (Å²) in [6.07, 6.45) is -0.830. The Bertz CT molecular complexity index is 992. The quantitative estimate of drug-likeness (QED) is 0.717. The molecule has 1 saturated heterocycles. The molecule has 0 aromatic heterocycles. The van der Waals surface area contributed by atoms with Gasteiger partial charge < -0.3 is 14.2 Å². The summed E-state index contributed by atoms with van der Waals surface area (Å²) >= 11 is 0. The average molecular weight is 418 g/mol. The third-order valence-corrected chi connectivity index (χ3v) is 6.83. The lowest BCUT2D eigenvalue weighted by Gasteiger charge is -2.30. The summed E-state index contributed by atoms with van der Waals surface area (Å²) in [4.78, 5) is 13.3. The first-order valence-corrected chi connectivity index (χ1v) is 10.9. The highest BCUT2D eigenvalue weighted by molar-refractivity contribution is 7.89. The van der Waals surface area contributed by atoms with Gasteiger partial charge in [-0.2, -0.15) is 4.31 Å². The molecule has 2 aromatic carbocycles. The van der Waals surface area contributed by atoms with Crippen LogP contribution >= 0.6 is 0 Å². The van der Waals surface area contributed by atoms with Crippen LogP contribution in [0.2, 0.25) is 0 Å². The Morgan fingerprint density at radius 2 is 1.79 bits per heavy atom. The second-order valence-electron chi connectivity index (χ2n) is 6.71. The lowest BCUT2D eigenvalue weighted by molar-refractivity contribution is 0.0771. The standard InChI is InChI=1S/C20H22N2O6S/c1-2-21(13-16-14-27-18-5-3-4-6-19(18)28-16)29(24,25)17-9-7-15(8-10-17)22-11-12-26-20(22)23/h3-10,16H,2,11-14H2,1H3. The van der Waals surface area contributed by atoms with Gasteiger partial charge in [-0.1, -0.05) is 19.1 Å². The van der Waals surface area contributed by atoms with Crippen molar-refractivity contribution in [1.82, 2.24) is 4.31 Å². The summed E-state index contributed by atoms with van der Waals surface area (Å²) in [5, 5.41) is 0. The zero-order valence-corrected chi connectivity index (χ0v) is 16.8. The number of fused-ring (bicyclic) bond motifs is 1. The van der Waals surface area contributed by atoms with Crippen LogP contribution in [0.1, 0.15) is 6.92 Å². The third kappa shape index (κ3) is 3.88. The van der Waals surface area contributed by atoms with Crippen LogP contribution in [0.4, 0.5) is 10.5 Å². The number of likely N-dealkylation sites (N-methyl/N-ethyl adjacent to an activating group) is 1. The van der Waals surface area contributed by atoms with Crippen molar-refractivity contribution in [3.8, 4) is 11.5 Å². The van der Waals surface area contributed by atoms with Gasteiger partial charge in [0.05, 0.1) is 18.0 Å². The fourth-order valence-corrected chi connectivity index (χ4v) is 4.83. The molecule has 0 radical (unpaired) electrons. The van der Waals surface area contributed by atoms with Crippen molar-refractivity contribution in [2.75, 3.05) is 37.7 Å². The Morgan fingerprint density at radius 3 is 2.45 bits per heavy atom. The summed E-state index contributed by atoms with van der Waals surface area (Å²) in [6, 6.07) is 13.6. The molecule has 2 aliphatic heterocycles. The molecule has 0 spiro atoms. The highest BCUT2D eigenvalue weighted by atomic mass is 32.2. The smallest absolute Gasteiger partial charge is 0.414 e. The summed E-state index contributed by atoms with van der Waals surface area (Å²) in [5.74, 6) is 1.27. The first-order chi connectivity index (χ1) is 14.0. The van der Waals surface area contributed by atoms with Crippen LogP contribution in [0.3, 0.4) is 0 Å². The summed E-state index contributed by atoms with van der Waals surface area (Å²) in [5.41, 5.74) is 0.607. The van der Waals surface area contributed by atoms with Gasteiger partial charge in [-0.25, -0.2) is 13.2 Å². The lowest BCUT2D eigenvalue weighted by atomic mass is 10.2. The van der Waals surface area contributed by atoms with Crippen molar-refractivity contribution >= 4 is 21.8 Å². The van der Waals surface area contributed by atoms with E-state index in [2.05, 4.69) is 0 Å². The Hall–Kier alpha value is -2.78. The monoisotopic (exact) mass is 418 g/mol. The molecule has 8 nitrogen and oxygen atoms in total. The number of rotatable bonds is 6. The zero-order valence-electron chi connectivity index (χ0n) is 16.0. The number of carbonyl (C=O) groups excluding carboxylic acids is 1. The molecule has 1 amide bonds. The number of carbonyl (C=O) groups is 1. The van der Waals surface area contributed by atoms with Gasteiger partial charge in [-0.05, 0) is 36.4 Å². The molecule has 2 aromatic rings. The summed E-state index contributed by atoms with van der Waals surface area (Å²) < 4.78 is 44.1. The molecule has 1 atom stereocenters. The van der Waals surface area contributed by atoms with Gasteiger partial charge in [0.15, 0.2) is 11.5 Å². The maximum atomic E-state index is 13.1. The van der Waals surface area contributed by atoms with E-state index < -0.39 is 22.2 Å². The van der Waals surface area contributed by atoms with E-state index in [1.54, 1.807) is 25.1 Å². The number of hydrogen-bond acceptors (Lipinski definition) is 6. The van der Waals surface area contributed by atoms with Gasteiger partial charge in [0.1, 0.15) is 19.3 Å². The van der Waals surface area contributed by atoms with E-state index in [9.17, 15) is 13.2 Å². The van der Waals surface area contributed by atoms with Crippen molar-refractivity contribution in [2.24, 2.45) is 0 Å². The average Bonchev–Trinajstić information content (AvgIpc) is 3.17. The van der Waals surface area contributed by atoms with E-state index in [-0.39, 0.29) is 18.0 Å². The van der Waals surface area contributed by atoms with Crippen LogP contribution in [0.5, 0.6) is 11.5 Å². The van der Waals surface area contributed by atoms with Crippen LogP contribution in [-0.4, -0.2) is 57.8 Å². The van der Waals surface area contributed by atoms with Crippen LogP contribution in [-0.2, 0) is 14.8 Å². The Kier molecular flexibility index (Phi) is 5.33. The van der Waals surface area contributed by atoms with Gasteiger partial charge in [0.25, 0.3) is 0 Å². The largest absolute Gasteiger partial charge is 0.486 e. The molecule has 29 heavy (non-hydrogen) atoms. The fourth-order valence-electron chi connectivity index (χ4n) is 3.35. The topological polar surface area (TPSA) is 85.4 Å². The second-order valence-corrected chi connectivity index (χ2v) is 8.65. The third-order valence-electron chi connectivity index (χ3n) is 4.87. The molecule has 2 heterocycles. The minimum Gasteiger partial charge on any atom is -0.486 e. The van der Waals surface area contributed by atoms with E-state index in [1.807, 2.05) is 18.2 Å². The normalized spacial score (nSPS) is 18.8. The number of hydrogen-bond donors (Lipinski definition) is 0. The van der Waals surface area contributed by atoms with Crippen molar-refractivity contribution < 1.29 is 27.4 Å². The zero-order chi connectivity index (χ0) is 20.4. The molecule has 2 aliphatic rings. The number of benzene rings is 2. The van der Waals surface area contributed by atoms with E-state index >= 15 is 0 Å². The van der Waals surface area contributed by atoms with E-state index in [0.717, 1.165) is 0 Å². The molecule has 0 aliphatic carbocycles. The predicted molar refractivity (Wildman–Crippen MR) is 106 cm³/mol. The lowest BCUT2D eigenvalue weighted by Crippen LogP contribution is -2.43. The minimum atomic E-state index is -3.72. The van der Waals surface area contributed by atoms with E-state index in [4.69, 9.17) is 14.2 Å². The number of anilines is 1. The SMILES string of the molecule is CCN(CC1COc2ccccc2O1)S(=O)(=O)c1ccc(N2CCOC2=O)cc1. The summed E-state index contributed by atoms with van der Waals surface area (Å²) in [6.45, 7) is 3.31. The number of amides is 1. The van der Waals surface area contributed by atoms with Gasteiger partial charge in [0.2, 0.25) is 10.0 Å².